The second-order valence-corrected chi connectivity index (χ2v) is 6.31. The van der Waals surface area contributed by atoms with Gasteiger partial charge in [-0.3, -0.25) is 0 Å². The first kappa shape index (κ1) is 15.8. The van der Waals surface area contributed by atoms with E-state index in [1.807, 2.05) is 12.1 Å². The van der Waals surface area contributed by atoms with Gasteiger partial charge in [0.2, 0.25) is 0 Å². The van der Waals surface area contributed by atoms with Gasteiger partial charge in [0.05, 0.1) is 28.3 Å². The van der Waals surface area contributed by atoms with Crippen LogP contribution < -0.4 is 4.18 Å². The standard InChI is InChI=1S/C15H9ClN2O3S/c1-10-6-11(8-17)3-5-15(10)22(19,20)21-14-4-2-12(9-18)7-13(14)16/h2-7H,1H3. The third-order valence-corrected chi connectivity index (χ3v) is 4.52. The van der Waals surface area contributed by atoms with E-state index in [2.05, 4.69) is 0 Å². The Balaban J connectivity index is 2.41. The normalized spacial score (nSPS) is 10.5. The van der Waals surface area contributed by atoms with Crippen molar-refractivity contribution in [3.05, 3.63) is 58.1 Å². The Labute approximate surface area is 133 Å². The fraction of sp³-hybridized carbons (Fsp3) is 0.0667. The lowest BCUT2D eigenvalue weighted by molar-refractivity contribution is 0.485. The van der Waals surface area contributed by atoms with Crippen LogP contribution in [-0.4, -0.2) is 8.42 Å². The summed E-state index contributed by atoms with van der Waals surface area (Å²) in [5, 5.41) is 17.6. The maximum absolute atomic E-state index is 12.3. The number of nitriles is 2. The number of hydrogen-bond donors (Lipinski definition) is 0. The van der Waals surface area contributed by atoms with Crippen molar-refractivity contribution in [1.29, 1.82) is 10.5 Å². The minimum Gasteiger partial charge on any atom is -0.377 e. The average molecular weight is 333 g/mol. The number of aryl methyl sites for hydroxylation is 1. The van der Waals surface area contributed by atoms with Crippen molar-refractivity contribution in [3.63, 3.8) is 0 Å². The van der Waals surface area contributed by atoms with Crippen LogP contribution in [0.15, 0.2) is 41.3 Å². The monoisotopic (exact) mass is 332 g/mol. The Bertz CT molecular complexity index is 925. The van der Waals surface area contributed by atoms with E-state index in [1.165, 1.54) is 36.4 Å². The molecule has 0 atom stereocenters. The SMILES string of the molecule is Cc1cc(C#N)ccc1S(=O)(=O)Oc1ccc(C#N)cc1Cl. The maximum atomic E-state index is 12.3. The van der Waals surface area contributed by atoms with Crippen LogP contribution in [-0.2, 0) is 10.1 Å². The topological polar surface area (TPSA) is 90.9 Å². The Hall–Kier alpha value is -2.54. The largest absolute Gasteiger partial charge is 0.377 e. The zero-order valence-electron chi connectivity index (χ0n) is 11.4. The van der Waals surface area contributed by atoms with Crippen LogP contribution in [0.4, 0.5) is 0 Å². The highest BCUT2D eigenvalue weighted by atomic mass is 35.5. The van der Waals surface area contributed by atoms with Crippen molar-refractivity contribution >= 4 is 21.7 Å². The van der Waals surface area contributed by atoms with Crippen molar-refractivity contribution in [3.8, 4) is 17.9 Å². The van der Waals surface area contributed by atoms with E-state index < -0.39 is 10.1 Å². The first-order valence-electron chi connectivity index (χ1n) is 6.02. The average Bonchev–Trinajstić information content (AvgIpc) is 2.48. The number of halogens is 1. The van der Waals surface area contributed by atoms with E-state index >= 15 is 0 Å². The van der Waals surface area contributed by atoms with Gasteiger partial charge in [-0.25, -0.2) is 0 Å². The third kappa shape index (κ3) is 3.20. The smallest absolute Gasteiger partial charge is 0.339 e. The summed E-state index contributed by atoms with van der Waals surface area (Å²) in [6.45, 7) is 1.57. The van der Waals surface area contributed by atoms with Crippen LogP contribution in [0, 0.1) is 29.6 Å². The van der Waals surface area contributed by atoms with Gasteiger partial charge in [0, 0.05) is 0 Å². The van der Waals surface area contributed by atoms with Gasteiger partial charge in [-0.2, -0.15) is 18.9 Å². The fourth-order valence-electron chi connectivity index (χ4n) is 1.80. The van der Waals surface area contributed by atoms with Gasteiger partial charge in [-0.15, -0.1) is 0 Å². The van der Waals surface area contributed by atoms with Crippen molar-refractivity contribution in [2.75, 3.05) is 0 Å². The summed E-state index contributed by atoms with van der Waals surface area (Å²) < 4.78 is 29.6. The minimum atomic E-state index is -4.09. The van der Waals surface area contributed by atoms with Gasteiger partial charge in [0.25, 0.3) is 0 Å². The lowest BCUT2D eigenvalue weighted by Gasteiger charge is -2.10. The zero-order chi connectivity index (χ0) is 16.3. The summed E-state index contributed by atoms with van der Waals surface area (Å²) in [7, 11) is -4.09. The molecule has 0 bridgehead atoms. The predicted molar refractivity (Wildman–Crippen MR) is 79.9 cm³/mol. The van der Waals surface area contributed by atoms with E-state index in [1.54, 1.807) is 6.92 Å². The number of hydrogen-bond acceptors (Lipinski definition) is 5. The van der Waals surface area contributed by atoms with Crippen molar-refractivity contribution in [1.82, 2.24) is 0 Å². The maximum Gasteiger partial charge on any atom is 0.339 e. The fourth-order valence-corrected chi connectivity index (χ4v) is 3.22. The summed E-state index contributed by atoms with van der Waals surface area (Å²) in [6, 6.07) is 12.0. The molecule has 2 aromatic rings. The first-order valence-corrected chi connectivity index (χ1v) is 7.81. The summed E-state index contributed by atoms with van der Waals surface area (Å²) in [4.78, 5) is -0.0491. The third-order valence-electron chi connectivity index (χ3n) is 2.83. The van der Waals surface area contributed by atoms with Crippen molar-refractivity contribution < 1.29 is 12.6 Å². The molecule has 0 amide bonds. The molecule has 0 aliphatic rings. The molecule has 2 rings (SSSR count). The molecular weight excluding hydrogens is 324 g/mol. The number of rotatable bonds is 3. The Morgan fingerprint density at radius 3 is 2.18 bits per heavy atom. The molecule has 0 aromatic heterocycles. The molecule has 110 valence electrons. The van der Waals surface area contributed by atoms with Gasteiger partial charge in [-0.05, 0) is 48.9 Å². The predicted octanol–water partition coefficient (Wildman–Crippen LogP) is 3.16. The summed E-state index contributed by atoms with van der Waals surface area (Å²) in [5.41, 5.74) is 1.04. The highest BCUT2D eigenvalue weighted by Gasteiger charge is 2.21. The van der Waals surface area contributed by atoms with Crippen LogP contribution in [0.1, 0.15) is 16.7 Å². The highest BCUT2D eigenvalue weighted by molar-refractivity contribution is 7.87. The molecule has 5 nitrogen and oxygen atoms in total. The molecule has 0 aliphatic carbocycles. The van der Waals surface area contributed by atoms with Crippen LogP contribution in [0.2, 0.25) is 5.02 Å². The van der Waals surface area contributed by atoms with Gasteiger partial charge >= 0.3 is 10.1 Å². The molecule has 0 fully saturated rings. The molecular formula is C15H9ClN2O3S. The first-order chi connectivity index (χ1) is 10.4. The van der Waals surface area contributed by atoms with Gasteiger partial charge in [0.1, 0.15) is 4.90 Å². The van der Waals surface area contributed by atoms with Gasteiger partial charge in [-0.1, -0.05) is 11.6 Å². The second-order valence-electron chi connectivity index (χ2n) is 4.39. The van der Waals surface area contributed by atoms with Crippen LogP contribution in [0.3, 0.4) is 0 Å². The number of benzene rings is 2. The van der Waals surface area contributed by atoms with E-state index in [0.29, 0.717) is 16.7 Å². The molecule has 0 saturated carbocycles. The van der Waals surface area contributed by atoms with Crippen LogP contribution in [0.25, 0.3) is 0 Å². The molecule has 0 radical (unpaired) electrons. The Morgan fingerprint density at radius 2 is 1.64 bits per heavy atom. The molecule has 0 unspecified atom stereocenters. The molecule has 0 aliphatic heterocycles. The number of nitrogens with zero attached hydrogens (tertiary/aromatic N) is 2. The van der Waals surface area contributed by atoms with Crippen LogP contribution >= 0.6 is 11.6 Å². The quantitative estimate of drug-likeness (QED) is 0.805. The second kappa shape index (κ2) is 6.07. The molecule has 7 heteroatoms. The van der Waals surface area contributed by atoms with E-state index in [-0.39, 0.29) is 15.7 Å². The molecule has 2 aromatic carbocycles. The summed E-state index contributed by atoms with van der Waals surface area (Å²) in [5.74, 6) is -0.0653. The molecule has 22 heavy (non-hydrogen) atoms. The minimum absolute atomic E-state index is 0.0222. The lowest BCUT2D eigenvalue weighted by atomic mass is 10.2. The zero-order valence-corrected chi connectivity index (χ0v) is 12.9. The van der Waals surface area contributed by atoms with E-state index in [4.69, 9.17) is 26.3 Å². The van der Waals surface area contributed by atoms with Crippen molar-refractivity contribution in [2.45, 2.75) is 11.8 Å². The van der Waals surface area contributed by atoms with Crippen LogP contribution in [0.5, 0.6) is 5.75 Å². The van der Waals surface area contributed by atoms with Gasteiger partial charge < -0.3 is 4.18 Å². The summed E-state index contributed by atoms with van der Waals surface area (Å²) in [6.07, 6.45) is 0. The Morgan fingerprint density at radius 1 is 1.05 bits per heavy atom. The highest BCUT2D eigenvalue weighted by Crippen LogP contribution is 2.29. The van der Waals surface area contributed by atoms with Crippen molar-refractivity contribution in [2.24, 2.45) is 0 Å². The lowest BCUT2D eigenvalue weighted by Crippen LogP contribution is -2.11. The Kier molecular flexibility index (Phi) is 4.37. The van der Waals surface area contributed by atoms with Gasteiger partial charge in [0.15, 0.2) is 5.75 Å². The van der Waals surface area contributed by atoms with E-state index in [0.717, 1.165) is 0 Å². The molecule has 0 N–H and O–H groups in total. The van der Waals surface area contributed by atoms with E-state index in [9.17, 15) is 8.42 Å². The molecule has 0 spiro atoms. The molecule has 0 heterocycles. The molecule has 0 saturated heterocycles. The summed E-state index contributed by atoms with van der Waals surface area (Å²) >= 11 is 5.91.